The van der Waals surface area contributed by atoms with Gasteiger partial charge in [0, 0.05) is 36.4 Å². The van der Waals surface area contributed by atoms with Crippen LogP contribution in [0.2, 0.25) is 37.8 Å². The summed E-state index contributed by atoms with van der Waals surface area (Å²) in [6, 6.07) is 3.55. The molecule has 38 heavy (non-hydrogen) atoms. The van der Waals surface area contributed by atoms with Gasteiger partial charge in [-0.15, -0.1) is 0 Å². The molecule has 1 fully saturated rings. The number of halogens is 2. The highest BCUT2D eigenvalue weighted by atomic mass is 28.4. The average Bonchev–Trinajstić information content (AvgIpc) is 3.21. The van der Waals surface area contributed by atoms with E-state index in [4.69, 9.17) is 4.43 Å². The fraction of sp³-hybridized carbons (Fsp3) is 0.593. The van der Waals surface area contributed by atoms with E-state index in [1.807, 2.05) is 24.1 Å². The Balaban J connectivity index is 1.89. The molecule has 208 valence electrons. The molecule has 4 heterocycles. The molecule has 1 unspecified atom stereocenters. The number of rotatable bonds is 6. The molecule has 0 aromatic carbocycles. The van der Waals surface area contributed by atoms with Crippen molar-refractivity contribution in [2.75, 3.05) is 24.5 Å². The van der Waals surface area contributed by atoms with E-state index in [1.54, 1.807) is 12.3 Å². The summed E-state index contributed by atoms with van der Waals surface area (Å²) >= 11 is 0. The first-order valence-corrected chi connectivity index (χ1v) is 19.7. The van der Waals surface area contributed by atoms with E-state index < -0.39 is 33.6 Å². The van der Waals surface area contributed by atoms with Crippen LogP contribution in [0.1, 0.15) is 34.6 Å². The summed E-state index contributed by atoms with van der Waals surface area (Å²) in [6.07, 6.45) is 1.65. The van der Waals surface area contributed by atoms with Gasteiger partial charge >= 0.3 is 0 Å². The van der Waals surface area contributed by atoms with Crippen LogP contribution in [0.5, 0.6) is 0 Å². The van der Waals surface area contributed by atoms with Crippen molar-refractivity contribution in [3.63, 3.8) is 0 Å². The number of hydrogen-bond acceptors (Lipinski definition) is 6. The highest BCUT2D eigenvalue weighted by Crippen LogP contribution is 2.39. The van der Waals surface area contributed by atoms with Crippen molar-refractivity contribution < 1.29 is 13.2 Å². The molecule has 0 spiro atoms. The first-order valence-electron chi connectivity index (χ1n) is 13.3. The van der Waals surface area contributed by atoms with E-state index >= 15 is 8.78 Å². The van der Waals surface area contributed by atoms with Gasteiger partial charge in [0.2, 0.25) is 0 Å². The number of anilines is 1. The molecule has 2 N–H and O–H groups in total. The van der Waals surface area contributed by atoms with Gasteiger partial charge in [-0.3, -0.25) is 5.10 Å². The Bertz CT molecular complexity index is 1330. The van der Waals surface area contributed by atoms with E-state index in [0.717, 1.165) is 0 Å². The maximum atomic E-state index is 16.6. The molecular formula is C27H42F2N6OSi2. The van der Waals surface area contributed by atoms with E-state index in [-0.39, 0.29) is 27.8 Å². The van der Waals surface area contributed by atoms with Gasteiger partial charge in [0.25, 0.3) is 0 Å². The SMILES string of the molecule is CC(C)(O[Si](C)(C)C)C1CN(c2nc(-c3n[nH]c4ncccc34)c(F)c([Si](C)(C)C(C)(C)C)c2F)CCN1. The van der Waals surface area contributed by atoms with Crippen molar-refractivity contribution in [1.29, 1.82) is 0 Å². The lowest BCUT2D eigenvalue weighted by Crippen LogP contribution is -2.62. The van der Waals surface area contributed by atoms with E-state index in [1.165, 1.54) is 0 Å². The summed E-state index contributed by atoms with van der Waals surface area (Å²) in [5.41, 5.74) is 0.486. The highest BCUT2D eigenvalue weighted by molar-refractivity contribution is 6.92. The topological polar surface area (TPSA) is 79.0 Å². The average molecular weight is 561 g/mol. The molecule has 4 rings (SSSR count). The highest BCUT2D eigenvalue weighted by Gasteiger charge is 2.45. The molecule has 7 nitrogen and oxygen atoms in total. The second-order valence-corrected chi connectivity index (χ2v) is 23.1. The summed E-state index contributed by atoms with van der Waals surface area (Å²) in [5, 5.41) is 11.3. The number of nitrogens with one attached hydrogen (secondary N) is 2. The molecule has 0 amide bonds. The molecule has 3 aromatic rings. The predicted octanol–water partition coefficient (Wildman–Crippen LogP) is 5.42. The van der Waals surface area contributed by atoms with E-state index in [2.05, 4.69) is 79.7 Å². The van der Waals surface area contributed by atoms with Gasteiger partial charge in [-0.25, -0.2) is 18.7 Å². The number of H-pyrrole nitrogens is 1. The quantitative estimate of drug-likeness (QED) is 0.392. The minimum Gasteiger partial charge on any atom is -0.411 e. The molecule has 1 aliphatic rings. The molecule has 3 aromatic heterocycles. The van der Waals surface area contributed by atoms with Crippen molar-refractivity contribution in [3.8, 4) is 11.4 Å². The van der Waals surface area contributed by atoms with Gasteiger partial charge in [0.15, 0.2) is 31.4 Å². The Labute approximate surface area is 226 Å². The third-order valence-corrected chi connectivity index (χ3v) is 14.6. The van der Waals surface area contributed by atoms with Crippen LogP contribution in [0.25, 0.3) is 22.4 Å². The standard InChI is InChI=1S/C27H42F2N6OSi2/c1-26(2,3)38(9,10)23-19(28)22(21-17-12-11-13-31-24(17)34-33-21)32-25(20(23)29)35-15-14-30-18(16-35)27(4,5)36-37(6,7)8/h11-13,18,30H,14-16H2,1-10H3,(H,31,33,34). The number of aromatic amines is 1. The van der Waals surface area contributed by atoms with Crippen LogP contribution in [-0.2, 0) is 4.43 Å². The summed E-state index contributed by atoms with van der Waals surface area (Å²) in [7, 11) is -4.50. The fourth-order valence-electron chi connectivity index (χ4n) is 5.12. The number of piperazine rings is 1. The van der Waals surface area contributed by atoms with Crippen molar-refractivity contribution >= 4 is 38.4 Å². The smallest absolute Gasteiger partial charge is 0.184 e. The Morgan fingerprint density at radius 2 is 1.71 bits per heavy atom. The minimum absolute atomic E-state index is 0.0515. The Morgan fingerprint density at radius 3 is 2.34 bits per heavy atom. The van der Waals surface area contributed by atoms with Crippen LogP contribution in [0.3, 0.4) is 0 Å². The summed E-state index contributed by atoms with van der Waals surface area (Å²) in [6.45, 7) is 22.6. The van der Waals surface area contributed by atoms with Gasteiger partial charge < -0.3 is 14.6 Å². The largest absolute Gasteiger partial charge is 0.411 e. The van der Waals surface area contributed by atoms with Gasteiger partial charge in [-0.1, -0.05) is 33.9 Å². The second kappa shape index (κ2) is 9.76. The first-order chi connectivity index (χ1) is 17.4. The maximum absolute atomic E-state index is 16.6. The number of pyridine rings is 2. The zero-order valence-electron chi connectivity index (χ0n) is 24.4. The predicted molar refractivity (Wildman–Crippen MR) is 156 cm³/mol. The van der Waals surface area contributed by atoms with Gasteiger partial charge in [0.1, 0.15) is 11.4 Å². The molecule has 11 heteroatoms. The summed E-state index contributed by atoms with van der Waals surface area (Å²) in [5.74, 6) is -0.999. The number of nitrogens with zero attached hydrogens (tertiary/aromatic N) is 4. The maximum Gasteiger partial charge on any atom is 0.184 e. The Kier molecular flexibility index (Phi) is 7.39. The monoisotopic (exact) mass is 560 g/mol. The lowest BCUT2D eigenvalue weighted by atomic mass is 9.97. The lowest BCUT2D eigenvalue weighted by Gasteiger charge is -2.45. The molecule has 0 bridgehead atoms. The van der Waals surface area contributed by atoms with Crippen LogP contribution in [0.15, 0.2) is 18.3 Å². The van der Waals surface area contributed by atoms with Crippen molar-refractivity contribution in [1.82, 2.24) is 25.5 Å². The number of aromatic nitrogens is 4. The third kappa shape index (κ3) is 5.30. The molecule has 0 aliphatic carbocycles. The number of fused-ring (bicyclic) bond motifs is 1. The molecule has 0 radical (unpaired) electrons. The zero-order chi connectivity index (χ0) is 28.3. The van der Waals surface area contributed by atoms with Crippen LogP contribution >= 0.6 is 0 Å². The van der Waals surface area contributed by atoms with Crippen LogP contribution < -0.4 is 15.4 Å². The van der Waals surface area contributed by atoms with Crippen molar-refractivity contribution in [2.24, 2.45) is 0 Å². The first kappa shape index (κ1) is 28.8. The van der Waals surface area contributed by atoms with Gasteiger partial charge in [0.05, 0.1) is 19.7 Å². The third-order valence-electron chi connectivity index (χ3n) is 8.01. The number of hydrogen-bond donors (Lipinski definition) is 2. The zero-order valence-corrected chi connectivity index (χ0v) is 26.4. The van der Waals surface area contributed by atoms with Crippen molar-refractivity contribution in [3.05, 3.63) is 30.0 Å². The normalized spacial score (nSPS) is 17.9. The fourth-order valence-corrected chi connectivity index (χ4v) is 8.92. The van der Waals surface area contributed by atoms with Crippen LogP contribution in [0, 0.1) is 11.6 Å². The summed E-state index contributed by atoms with van der Waals surface area (Å²) < 4.78 is 39.6. The van der Waals surface area contributed by atoms with Gasteiger partial charge in [-0.05, 0) is 50.7 Å². The van der Waals surface area contributed by atoms with Crippen LogP contribution in [0.4, 0.5) is 14.6 Å². The molecule has 1 saturated heterocycles. The van der Waals surface area contributed by atoms with Crippen LogP contribution in [-0.4, -0.2) is 67.8 Å². The molecular weight excluding hydrogens is 519 g/mol. The van der Waals surface area contributed by atoms with E-state index in [0.29, 0.717) is 36.4 Å². The Morgan fingerprint density at radius 1 is 1.03 bits per heavy atom. The lowest BCUT2D eigenvalue weighted by molar-refractivity contribution is 0.0547. The van der Waals surface area contributed by atoms with E-state index in [9.17, 15) is 0 Å². The minimum atomic E-state index is -2.67. The second-order valence-electron chi connectivity index (χ2n) is 13.4. The summed E-state index contributed by atoms with van der Waals surface area (Å²) in [4.78, 5) is 10.9. The molecule has 0 saturated carbocycles. The van der Waals surface area contributed by atoms with Crippen molar-refractivity contribution in [2.45, 2.75) is 84.0 Å². The van der Waals surface area contributed by atoms with Gasteiger partial charge in [-0.2, -0.15) is 5.10 Å². The Hall–Kier alpha value is -2.22. The molecule has 1 aliphatic heterocycles. The molecule has 1 atom stereocenters.